The van der Waals surface area contributed by atoms with Gasteiger partial charge in [0, 0.05) is 6.20 Å². The molecule has 114 valence electrons. The molecule has 0 saturated heterocycles. The Bertz CT molecular complexity index is 1020. The maximum atomic E-state index is 12.3. The van der Waals surface area contributed by atoms with Crippen LogP contribution in [-0.2, 0) is 6.54 Å². The summed E-state index contributed by atoms with van der Waals surface area (Å²) >= 11 is 0. The van der Waals surface area contributed by atoms with Crippen LogP contribution in [0.15, 0.2) is 47.5 Å². The Morgan fingerprint density at radius 3 is 2.74 bits per heavy atom. The summed E-state index contributed by atoms with van der Waals surface area (Å²) in [5.41, 5.74) is 8.33. The van der Waals surface area contributed by atoms with Gasteiger partial charge in [-0.15, -0.1) is 0 Å². The zero-order valence-corrected chi connectivity index (χ0v) is 12.0. The van der Waals surface area contributed by atoms with E-state index in [-0.39, 0.29) is 11.5 Å². The van der Waals surface area contributed by atoms with Crippen LogP contribution in [0.2, 0.25) is 0 Å². The predicted octanol–water partition coefficient (Wildman–Crippen LogP) is 1.14. The Hall–Kier alpha value is -3.42. The number of benzene rings is 1. The van der Waals surface area contributed by atoms with E-state index in [0.717, 1.165) is 5.56 Å². The SMILES string of the molecule is Nc1nc(-c2cn[nH]c2)nc2c1[nH]c(=O)n2Cc1ccccc1. The van der Waals surface area contributed by atoms with E-state index in [1.54, 1.807) is 17.0 Å². The Balaban J connectivity index is 1.90. The van der Waals surface area contributed by atoms with Crippen LogP contribution in [0, 0.1) is 0 Å². The topological polar surface area (TPSA) is 118 Å². The van der Waals surface area contributed by atoms with E-state index < -0.39 is 0 Å². The normalized spacial score (nSPS) is 11.1. The first kappa shape index (κ1) is 13.3. The minimum absolute atomic E-state index is 0.232. The van der Waals surface area contributed by atoms with E-state index in [1.165, 1.54) is 0 Å². The summed E-state index contributed by atoms with van der Waals surface area (Å²) in [7, 11) is 0. The number of fused-ring (bicyclic) bond motifs is 1. The highest BCUT2D eigenvalue weighted by Crippen LogP contribution is 2.20. The fourth-order valence-corrected chi connectivity index (χ4v) is 2.47. The van der Waals surface area contributed by atoms with E-state index in [2.05, 4.69) is 25.1 Å². The molecule has 0 radical (unpaired) electrons. The lowest BCUT2D eigenvalue weighted by atomic mass is 10.2. The Kier molecular flexibility index (Phi) is 2.94. The number of imidazole rings is 1. The fraction of sp³-hybridized carbons (Fsp3) is 0.0667. The number of nitrogens with zero attached hydrogens (tertiary/aromatic N) is 4. The van der Waals surface area contributed by atoms with Crippen LogP contribution in [0.5, 0.6) is 0 Å². The second-order valence-electron chi connectivity index (χ2n) is 5.12. The molecule has 1 aromatic carbocycles. The monoisotopic (exact) mass is 307 g/mol. The van der Waals surface area contributed by atoms with Crippen LogP contribution >= 0.6 is 0 Å². The predicted molar refractivity (Wildman–Crippen MR) is 85.7 cm³/mol. The van der Waals surface area contributed by atoms with Crippen molar-refractivity contribution < 1.29 is 0 Å². The lowest BCUT2D eigenvalue weighted by Crippen LogP contribution is -2.17. The van der Waals surface area contributed by atoms with Gasteiger partial charge in [-0.25, -0.2) is 14.8 Å². The summed E-state index contributed by atoms with van der Waals surface area (Å²) in [4.78, 5) is 23.7. The number of nitrogen functional groups attached to an aromatic ring is 1. The van der Waals surface area contributed by atoms with Crippen molar-refractivity contribution >= 4 is 17.0 Å². The fourth-order valence-electron chi connectivity index (χ4n) is 2.47. The number of hydrogen-bond donors (Lipinski definition) is 3. The zero-order valence-electron chi connectivity index (χ0n) is 12.0. The van der Waals surface area contributed by atoms with Gasteiger partial charge < -0.3 is 10.7 Å². The summed E-state index contributed by atoms with van der Waals surface area (Å²) in [6, 6.07) is 9.68. The van der Waals surface area contributed by atoms with Crippen molar-refractivity contribution in [1.82, 2.24) is 29.7 Å². The summed E-state index contributed by atoms with van der Waals surface area (Å²) in [5.74, 6) is 0.652. The molecule has 8 heteroatoms. The second kappa shape index (κ2) is 5.09. The minimum Gasteiger partial charge on any atom is -0.382 e. The molecule has 3 aromatic heterocycles. The van der Waals surface area contributed by atoms with Crippen molar-refractivity contribution in [2.75, 3.05) is 5.73 Å². The first-order valence-corrected chi connectivity index (χ1v) is 7.01. The molecule has 0 spiro atoms. The van der Waals surface area contributed by atoms with Crippen molar-refractivity contribution in [2.24, 2.45) is 0 Å². The molecular formula is C15H13N7O. The standard InChI is InChI=1S/C15H13N7O/c16-12-11-14(21-13(20-12)10-6-17-18-7-10)22(15(23)19-11)8-9-4-2-1-3-5-9/h1-7H,8H2,(H,17,18)(H,19,23)(H2,16,20,21). The Morgan fingerprint density at radius 1 is 1.17 bits per heavy atom. The van der Waals surface area contributed by atoms with Gasteiger partial charge in [0.05, 0.1) is 18.3 Å². The summed E-state index contributed by atoms with van der Waals surface area (Å²) in [6.45, 7) is 0.404. The van der Waals surface area contributed by atoms with Crippen LogP contribution in [0.25, 0.3) is 22.6 Å². The van der Waals surface area contributed by atoms with Gasteiger partial charge in [0.2, 0.25) is 0 Å². The molecule has 0 fully saturated rings. The van der Waals surface area contributed by atoms with Crippen LogP contribution < -0.4 is 11.4 Å². The number of anilines is 1. The summed E-state index contributed by atoms with van der Waals surface area (Å²) in [6.07, 6.45) is 3.28. The quantitative estimate of drug-likeness (QED) is 0.524. The molecule has 0 aliphatic heterocycles. The molecule has 0 saturated carbocycles. The maximum absolute atomic E-state index is 12.3. The Labute approximate surface area is 130 Å². The highest BCUT2D eigenvalue weighted by molar-refractivity contribution is 5.83. The van der Waals surface area contributed by atoms with E-state index in [4.69, 9.17) is 5.73 Å². The molecule has 0 amide bonds. The van der Waals surface area contributed by atoms with Crippen molar-refractivity contribution in [2.45, 2.75) is 6.54 Å². The van der Waals surface area contributed by atoms with E-state index >= 15 is 0 Å². The molecule has 23 heavy (non-hydrogen) atoms. The molecule has 4 aromatic rings. The van der Waals surface area contributed by atoms with E-state index in [0.29, 0.717) is 29.1 Å². The van der Waals surface area contributed by atoms with Gasteiger partial charge in [0.25, 0.3) is 0 Å². The van der Waals surface area contributed by atoms with Crippen molar-refractivity contribution in [3.63, 3.8) is 0 Å². The highest BCUT2D eigenvalue weighted by Gasteiger charge is 2.15. The number of H-pyrrole nitrogens is 2. The lowest BCUT2D eigenvalue weighted by molar-refractivity contribution is 0.778. The van der Waals surface area contributed by atoms with Crippen molar-refractivity contribution in [1.29, 1.82) is 0 Å². The number of nitrogens with one attached hydrogen (secondary N) is 2. The van der Waals surface area contributed by atoms with Crippen molar-refractivity contribution in [3.05, 3.63) is 58.8 Å². The highest BCUT2D eigenvalue weighted by atomic mass is 16.1. The second-order valence-corrected chi connectivity index (χ2v) is 5.12. The lowest BCUT2D eigenvalue weighted by Gasteiger charge is -2.05. The van der Waals surface area contributed by atoms with Gasteiger partial charge >= 0.3 is 5.69 Å². The molecule has 0 aliphatic rings. The molecule has 0 bridgehead atoms. The third-order valence-electron chi connectivity index (χ3n) is 3.59. The number of aromatic nitrogens is 6. The van der Waals surface area contributed by atoms with Crippen molar-refractivity contribution in [3.8, 4) is 11.4 Å². The Morgan fingerprint density at radius 2 is 2.00 bits per heavy atom. The first-order valence-electron chi connectivity index (χ1n) is 7.01. The number of nitrogens with two attached hydrogens (primary N) is 1. The summed E-state index contributed by atoms with van der Waals surface area (Å²) < 4.78 is 1.55. The van der Waals surface area contributed by atoms with E-state index in [9.17, 15) is 4.79 Å². The minimum atomic E-state index is -0.269. The average Bonchev–Trinajstić information content (AvgIpc) is 3.19. The summed E-state index contributed by atoms with van der Waals surface area (Å²) in [5, 5.41) is 6.59. The average molecular weight is 307 g/mol. The van der Waals surface area contributed by atoms with Gasteiger partial charge in [-0.05, 0) is 5.56 Å². The molecule has 3 heterocycles. The van der Waals surface area contributed by atoms with Crippen LogP contribution in [0.1, 0.15) is 5.56 Å². The van der Waals surface area contributed by atoms with Gasteiger partial charge in [0.1, 0.15) is 5.52 Å². The zero-order chi connectivity index (χ0) is 15.8. The molecule has 8 nitrogen and oxygen atoms in total. The number of aromatic amines is 2. The number of rotatable bonds is 3. The molecule has 4 rings (SSSR count). The maximum Gasteiger partial charge on any atom is 0.328 e. The van der Waals surface area contributed by atoms with Gasteiger partial charge in [-0.1, -0.05) is 30.3 Å². The molecule has 0 atom stereocenters. The largest absolute Gasteiger partial charge is 0.382 e. The van der Waals surface area contributed by atoms with E-state index in [1.807, 2.05) is 30.3 Å². The smallest absolute Gasteiger partial charge is 0.328 e. The van der Waals surface area contributed by atoms with Gasteiger partial charge in [0.15, 0.2) is 17.3 Å². The number of hydrogen-bond acceptors (Lipinski definition) is 5. The molecular weight excluding hydrogens is 294 g/mol. The van der Waals surface area contributed by atoms with Crippen LogP contribution in [-0.4, -0.2) is 29.7 Å². The molecule has 0 aliphatic carbocycles. The van der Waals surface area contributed by atoms with Crippen LogP contribution in [0.4, 0.5) is 5.82 Å². The third kappa shape index (κ3) is 2.26. The molecule has 4 N–H and O–H groups in total. The van der Waals surface area contributed by atoms with Crippen LogP contribution in [0.3, 0.4) is 0 Å². The molecule has 0 unspecified atom stereocenters. The van der Waals surface area contributed by atoms with Gasteiger partial charge in [-0.2, -0.15) is 5.10 Å². The van der Waals surface area contributed by atoms with Gasteiger partial charge in [-0.3, -0.25) is 9.67 Å². The first-order chi connectivity index (χ1) is 11.2. The third-order valence-corrected chi connectivity index (χ3v) is 3.59.